The molecule has 0 saturated heterocycles. The topological polar surface area (TPSA) is 38.3 Å². The zero-order valence-electron chi connectivity index (χ0n) is 11.5. The van der Waals surface area contributed by atoms with Crippen LogP contribution in [-0.4, -0.2) is 12.5 Å². The molecular weight excluding hydrogens is 354 g/mol. The van der Waals surface area contributed by atoms with Crippen LogP contribution in [0, 0.1) is 0 Å². The molecule has 0 bridgehead atoms. The summed E-state index contributed by atoms with van der Waals surface area (Å²) < 4.78 is 43.7. The number of hydrogen-bond donors (Lipinski definition) is 1. The molecule has 0 aromatic heterocycles. The molecule has 1 amide bonds. The number of carbonyl (C=O) groups is 1. The molecule has 3 nitrogen and oxygen atoms in total. The van der Waals surface area contributed by atoms with Gasteiger partial charge in [-0.2, -0.15) is 13.2 Å². The summed E-state index contributed by atoms with van der Waals surface area (Å²) in [6.45, 7) is -0.532. The summed E-state index contributed by atoms with van der Waals surface area (Å²) >= 11 is 11.7. The SMILES string of the molecule is O=C(COc1c(Cl)cccc1Cl)Nc1ccccc1C(F)(F)F. The van der Waals surface area contributed by atoms with Crippen LogP contribution in [-0.2, 0) is 11.0 Å². The standard InChI is InChI=1S/C15H10Cl2F3NO2/c16-10-5-3-6-11(17)14(10)23-8-13(22)21-12-7-2-1-4-9(12)15(18,19)20/h1-7H,8H2,(H,21,22). The van der Waals surface area contributed by atoms with E-state index in [-0.39, 0.29) is 21.5 Å². The number of hydrogen-bond acceptors (Lipinski definition) is 2. The fourth-order valence-electron chi connectivity index (χ4n) is 1.78. The molecule has 0 radical (unpaired) electrons. The summed E-state index contributed by atoms with van der Waals surface area (Å²) in [7, 11) is 0. The average Bonchev–Trinajstić information content (AvgIpc) is 2.46. The first-order valence-electron chi connectivity index (χ1n) is 6.32. The predicted molar refractivity (Wildman–Crippen MR) is 82.0 cm³/mol. The molecule has 0 aliphatic rings. The van der Waals surface area contributed by atoms with E-state index in [9.17, 15) is 18.0 Å². The van der Waals surface area contributed by atoms with E-state index in [0.717, 1.165) is 12.1 Å². The van der Waals surface area contributed by atoms with Gasteiger partial charge in [0.25, 0.3) is 5.91 Å². The fourth-order valence-corrected chi connectivity index (χ4v) is 2.29. The summed E-state index contributed by atoms with van der Waals surface area (Å²) in [6, 6.07) is 9.27. The Morgan fingerprint density at radius 3 is 2.26 bits per heavy atom. The van der Waals surface area contributed by atoms with Gasteiger partial charge < -0.3 is 10.1 Å². The first kappa shape index (κ1) is 17.4. The minimum absolute atomic E-state index is 0.0927. The Hall–Kier alpha value is -1.92. The Morgan fingerprint density at radius 1 is 1.04 bits per heavy atom. The number of halogens is 5. The Balaban J connectivity index is 2.07. The van der Waals surface area contributed by atoms with Crippen LogP contribution >= 0.6 is 23.2 Å². The van der Waals surface area contributed by atoms with Gasteiger partial charge in [-0.15, -0.1) is 0 Å². The third-order valence-corrected chi connectivity index (χ3v) is 3.37. The lowest BCUT2D eigenvalue weighted by Gasteiger charge is -2.14. The number of alkyl halides is 3. The van der Waals surface area contributed by atoms with Gasteiger partial charge in [-0.3, -0.25) is 4.79 Å². The predicted octanol–water partition coefficient (Wildman–Crippen LogP) is 5.03. The summed E-state index contributed by atoms with van der Waals surface area (Å²) in [6.07, 6.45) is -4.57. The number of nitrogens with one attached hydrogen (secondary N) is 1. The van der Waals surface area contributed by atoms with E-state index in [2.05, 4.69) is 5.32 Å². The third kappa shape index (κ3) is 4.53. The van der Waals surface area contributed by atoms with Gasteiger partial charge in [0.15, 0.2) is 12.4 Å². The fraction of sp³-hybridized carbons (Fsp3) is 0.133. The molecule has 0 spiro atoms. The maximum absolute atomic E-state index is 12.8. The van der Waals surface area contributed by atoms with Crippen LogP contribution in [0.25, 0.3) is 0 Å². The van der Waals surface area contributed by atoms with Crippen LogP contribution in [0.2, 0.25) is 10.0 Å². The van der Waals surface area contributed by atoms with Crippen LogP contribution < -0.4 is 10.1 Å². The maximum atomic E-state index is 12.8. The molecule has 0 atom stereocenters. The van der Waals surface area contributed by atoms with Crippen molar-refractivity contribution in [1.82, 2.24) is 0 Å². The van der Waals surface area contributed by atoms with Crippen LogP contribution in [0.15, 0.2) is 42.5 Å². The average molecular weight is 364 g/mol. The van der Waals surface area contributed by atoms with Crippen molar-refractivity contribution in [3.8, 4) is 5.75 Å². The Labute approximate surface area is 140 Å². The number of rotatable bonds is 4. The number of para-hydroxylation sites is 2. The van der Waals surface area contributed by atoms with Gasteiger partial charge in [-0.05, 0) is 24.3 Å². The largest absolute Gasteiger partial charge is 0.481 e. The zero-order chi connectivity index (χ0) is 17.0. The lowest BCUT2D eigenvalue weighted by atomic mass is 10.1. The van der Waals surface area contributed by atoms with Crippen molar-refractivity contribution in [3.05, 3.63) is 58.1 Å². The van der Waals surface area contributed by atoms with E-state index in [1.807, 2.05) is 0 Å². The van der Waals surface area contributed by atoms with Crippen LogP contribution in [0.5, 0.6) is 5.75 Å². The van der Waals surface area contributed by atoms with Gasteiger partial charge in [0.1, 0.15) is 0 Å². The highest BCUT2D eigenvalue weighted by atomic mass is 35.5. The van der Waals surface area contributed by atoms with Crippen molar-refractivity contribution < 1.29 is 22.7 Å². The molecule has 0 fully saturated rings. The van der Waals surface area contributed by atoms with Gasteiger partial charge in [-0.25, -0.2) is 0 Å². The molecular formula is C15H10Cl2F3NO2. The van der Waals surface area contributed by atoms with Crippen LogP contribution in [0.4, 0.5) is 18.9 Å². The highest BCUT2D eigenvalue weighted by Crippen LogP contribution is 2.35. The molecule has 2 aromatic rings. The van der Waals surface area contributed by atoms with Gasteiger partial charge in [0.05, 0.1) is 21.3 Å². The van der Waals surface area contributed by atoms with Crippen LogP contribution in [0.1, 0.15) is 5.56 Å². The number of benzene rings is 2. The van der Waals surface area contributed by atoms with Gasteiger partial charge in [0.2, 0.25) is 0 Å². The third-order valence-electron chi connectivity index (χ3n) is 2.77. The smallest absolute Gasteiger partial charge is 0.418 e. The molecule has 0 unspecified atom stereocenters. The second-order valence-electron chi connectivity index (χ2n) is 4.43. The summed E-state index contributed by atoms with van der Waals surface area (Å²) in [4.78, 5) is 11.8. The molecule has 2 rings (SSSR count). The van der Waals surface area contributed by atoms with Crippen molar-refractivity contribution in [3.63, 3.8) is 0 Å². The Bertz CT molecular complexity index is 700. The summed E-state index contributed by atoms with van der Waals surface area (Å²) in [5.41, 5.74) is -1.29. The lowest BCUT2D eigenvalue weighted by molar-refractivity contribution is -0.137. The Morgan fingerprint density at radius 2 is 1.65 bits per heavy atom. The first-order chi connectivity index (χ1) is 10.8. The maximum Gasteiger partial charge on any atom is 0.418 e. The molecule has 0 aliphatic carbocycles. The lowest BCUT2D eigenvalue weighted by Crippen LogP contribution is -2.22. The first-order valence-corrected chi connectivity index (χ1v) is 7.07. The number of ether oxygens (including phenoxy) is 1. The zero-order valence-corrected chi connectivity index (χ0v) is 13.0. The van der Waals surface area contributed by atoms with E-state index in [0.29, 0.717) is 0 Å². The minimum atomic E-state index is -4.57. The molecule has 122 valence electrons. The van der Waals surface area contributed by atoms with E-state index in [1.165, 1.54) is 24.3 Å². The Kier molecular flexibility index (Phi) is 5.38. The molecule has 0 aliphatic heterocycles. The van der Waals surface area contributed by atoms with Gasteiger partial charge in [-0.1, -0.05) is 41.4 Å². The van der Waals surface area contributed by atoms with Crippen molar-refractivity contribution in [1.29, 1.82) is 0 Å². The molecule has 2 aromatic carbocycles. The van der Waals surface area contributed by atoms with Gasteiger partial charge in [0, 0.05) is 0 Å². The molecule has 0 heterocycles. The second-order valence-corrected chi connectivity index (χ2v) is 5.25. The van der Waals surface area contributed by atoms with Crippen LogP contribution in [0.3, 0.4) is 0 Å². The van der Waals surface area contributed by atoms with Crippen molar-refractivity contribution >= 4 is 34.8 Å². The molecule has 0 saturated carbocycles. The van der Waals surface area contributed by atoms with Gasteiger partial charge >= 0.3 is 6.18 Å². The van der Waals surface area contributed by atoms with E-state index in [1.54, 1.807) is 6.07 Å². The van der Waals surface area contributed by atoms with E-state index >= 15 is 0 Å². The molecule has 8 heteroatoms. The summed E-state index contributed by atoms with van der Waals surface area (Å²) in [5, 5.41) is 2.55. The summed E-state index contributed by atoms with van der Waals surface area (Å²) in [5.74, 6) is -0.673. The highest BCUT2D eigenvalue weighted by Gasteiger charge is 2.33. The number of carbonyl (C=O) groups excluding carboxylic acids is 1. The number of anilines is 1. The monoisotopic (exact) mass is 363 g/mol. The highest BCUT2D eigenvalue weighted by molar-refractivity contribution is 6.37. The quantitative estimate of drug-likeness (QED) is 0.827. The number of amides is 1. The van der Waals surface area contributed by atoms with Crippen molar-refractivity contribution in [2.75, 3.05) is 11.9 Å². The van der Waals surface area contributed by atoms with E-state index in [4.69, 9.17) is 27.9 Å². The molecule has 1 N–H and O–H groups in total. The second kappa shape index (κ2) is 7.10. The van der Waals surface area contributed by atoms with E-state index < -0.39 is 24.3 Å². The van der Waals surface area contributed by atoms with Crippen molar-refractivity contribution in [2.24, 2.45) is 0 Å². The molecule has 23 heavy (non-hydrogen) atoms. The minimum Gasteiger partial charge on any atom is -0.481 e. The normalized spacial score (nSPS) is 11.2. The van der Waals surface area contributed by atoms with Crippen molar-refractivity contribution in [2.45, 2.75) is 6.18 Å².